The second kappa shape index (κ2) is 12.3. The van der Waals surface area contributed by atoms with E-state index in [1.165, 1.54) is 6.20 Å². The van der Waals surface area contributed by atoms with Crippen LogP contribution < -0.4 is 5.73 Å². The zero-order chi connectivity index (χ0) is 26.6. The molecular weight excluding hydrogens is 652 g/mol. The zero-order valence-electron chi connectivity index (χ0n) is 19.3. The molecule has 6 nitrogen and oxygen atoms in total. The van der Waals surface area contributed by atoms with Gasteiger partial charge in [-0.15, -0.1) is 0 Å². The number of hydrogen-bond acceptors (Lipinski definition) is 5. The number of rotatable bonds is 5. The van der Waals surface area contributed by atoms with Crippen LogP contribution in [0.3, 0.4) is 0 Å². The highest BCUT2D eigenvalue weighted by molar-refractivity contribution is 9.11. The summed E-state index contributed by atoms with van der Waals surface area (Å²) in [6.45, 7) is 0. The van der Waals surface area contributed by atoms with Gasteiger partial charge in [0, 0.05) is 20.5 Å². The quantitative estimate of drug-likeness (QED) is 0.188. The summed E-state index contributed by atoms with van der Waals surface area (Å²) in [5.41, 5.74) is 7.72. The minimum Gasteiger partial charge on any atom is -0.398 e. The fourth-order valence-corrected chi connectivity index (χ4v) is 7.39. The number of aromatic amines is 1. The molecule has 3 N–H and O–H groups in total. The molecule has 0 saturated carbocycles. The Morgan fingerprint density at radius 1 is 0.684 bits per heavy atom. The maximum atomic E-state index is 12.6. The normalized spacial score (nSPS) is 11.3. The van der Waals surface area contributed by atoms with E-state index in [-0.39, 0.29) is 13.2 Å². The second-order valence-electron chi connectivity index (χ2n) is 8.02. The van der Waals surface area contributed by atoms with Gasteiger partial charge < -0.3 is 10.7 Å². The number of halogens is 2. The average Bonchev–Trinajstić information content (AvgIpc) is 3.35. The minimum absolute atomic E-state index is 0. The largest absolute Gasteiger partial charge is 0.398 e. The summed E-state index contributed by atoms with van der Waals surface area (Å²) in [6.07, 6.45) is 1.54. The molecule has 0 spiro atoms. The van der Waals surface area contributed by atoms with Gasteiger partial charge in [0.15, 0.2) is 9.84 Å². The molecule has 0 radical (unpaired) electrons. The number of aromatic nitrogens is 1. The Balaban J connectivity index is 0.000000206. The van der Waals surface area contributed by atoms with Crippen molar-refractivity contribution in [2.75, 3.05) is 5.73 Å². The van der Waals surface area contributed by atoms with Crippen molar-refractivity contribution >= 4 is 68.1 Å². The van der Waals surface area contributed by atoms with Crippen molar-refractivity contribution < 1.29 is 16.8 Å². The Morgan fingerprint density at radius 2 is 1.24 bits per heavy atom. The molecule has 0 fully saturated rings. The fourth-order valence-electron chi connectivity index (χ4n) is 3.66. The average molecular weight is 678 g/mol. The molecule has 1 aromatic heterocycles. The first-order chi connectivity index (χ1) is 17.6. The summed E-state index contributed by atoms with van der Waals surface area (Å²) in [7, 11) is -6.84. The Labute approximate surface area is 240 Å². The van der Waals surface area contributed by atoms with Crippen LogP contribution in [0.25, 0.3) is 10.9 Å². The van der Waals surface area contributed by atoms with E-state index in [0.29, 0.717) is 35.8 Å². The van der Waals surface area contributed by atoms with Gasteiger partial charge in [0.25, 0.3) is 0 Å². The van der Waals surface area contributed by atoms with Gasteiger partial charge in [-0.1, -0.05) is 68.1 Å². The summed E-state index contributed by atoms with van der Waals surface area (Å²) < 4.78 is 51.1. The zero-order valence-corrected chi connectivity index (χ0v) is 24.1. The molecule has 0 saturated heterocycles. The smallest absolute Gasteiger partial charge is 0.208 e. The first-order valence-electron chi connectivity index (χ1n) is 11.0. The lowest BCUT2D eigenvalue weighted by atomic mass is 10.2. The first kappa shape index (κ1) is 29.6. The number of anilines is 1. The monoisotopic (exact) mass is 676 g/mol. The van der Waals surface area contributed by atoms with E-state index in [4.69, 9.17) is 5.73 Å². The summed E-state index contributed by atoms with van der Waals surface area (Å²) in [5, 5.41) is 0.693. The van der Waals surface area contributed by atoms with Crippen LogP contribution in [0.15, 0.2) is 127 Å². The van der Waals surface area contributed by atoms with E-state index in [2.05, 4.69) is 36.8 Å². The number of nitrogens with two attached hydrogens (primary N) is 1. The Kier molecular flexibility index (Phi) is 9.59. The van der Waals surface area contributed by atoms with Crippen molar-refractivity contribution in [1.29, 1.82) is 0 Å². The topological polar surface area (TPSA) is 110 Å². The van der Waals surface area contributed by atoms with E-state index in [1.54, 1.807) is 84.9 Å². The molecule has 0 aliphatic rings. The van der Waals surface area contributed by atoms with Crippen LogP contribution in [0.1, 0.15) is 13.0 Å². The number of para-hydroxylation sites is 2. The van der Waals surface area contributed by atoms with Crippen molar-refractivity contribution in [2.45, 2.75) is 27.9 Å². The van der Waals surface area contributed by atoms with E-state index in [1.807, 2.05) is 12.1 Å². The van der Waals surface area contributed by atoms with Crippen LogP contribution in [0, 0.1) is 0 Å². The van der Waals surface area contributed by atoms with E-state index in [9.17, 15) is 16.8 Å². The molecule has 0 amide bonds. The highest BCUT2D eigenvalue weighted by Crippen LogP contribution is 2.31. The minimum atomic E-state index is -3.49. The van der Waals surface area contributed by atoms with Crippen molar-refractivity contribution in [3.8, 4) is 0 Å². The lowest BCUT2D eigenvalue weighted by Crippen LogP contribution is -2.07. The summed E-state index contributed by atoms with van der Waals surface area (Å²) in [6, 6.07) is 27.6. The molecular formula is C28H26Br2N2O4S2. The molecule has 0 unspecified atom stereocenters. The van der Waals surface area contributed by atoms with Crippen LogP contribution in [0.5, 0.6) is 0 Å². The molecule has 198 valence electrons. The van der Waals surface area contributed by atoms with Gasteiger partial charge in [-0.2, -0.15) is 0 Å². The number of nitrogen functional groups attached to an aromatic ring is 1. The van der Waals surface area contributed by atoms with Crippen molar-refractivity contribution in [1.82, 2.24) is 4.98 Å². The van der Waals surface area contributed by atoms with Gasteiger partial charge in [-0.25, -0.2) is 16.8 Å². The lowest BCUT2D eigenvalue weighted by Gasteiger charge is -2.08. The van der Waals surface area contributed by atoms with Gasteiger partial charge in [-0.3, -0.25) is 0 Å². The molecule has 0 aliphatic heterocycles. The highest BCUT2D eigenvalue weighted by atomic mass is 79.9. The number of nitrogens with one attached hydrogen (secondary N) is 1. The van der Waals surface area contributed by atoms with Gasteiger partial charge in [0.05, 0.1) is 31.6 Å². The van der Waals surface area contributed by atoms with Crippen LogP contribution in [-0.2, 0) is 25.4 Å². The fraction of sp³-hybridized carbons (Fsp3) is 0.0714. The van der Waals surface area contributed by atoms with Crippen molar-refractivity contribution in [3.63, 3.8) is 0 Å². The predicted octanol–water partition coefficient (Wildman–Crippen LogP) is 7.40. The van der Waals surface area contributed by atoms with E-state index in [0.717, 1.165) is 9.99 Å². The van der Waals surface area contributed by atoms with E-state index < -0.39 is 19.7 Å². The second-order valence-corrected chi connectivity index (χ2v) is 13.6. The van der Waals surface area contributed by atoms with Crippen LogP contribution >= 0.6 is 31.9 Å². The Bertz CT molecular complexity index is 1760. The first-order valence-corrected chi connectivity index (χ1v) is 15.7. The summed E-state index contributed by atoms with van der Waals surface area (Å²) >= 11 is 6.70. The highest BCUT2D eigenvalue weighted by Gasteiger charge is 2.22. The molecule has 10 heteroatoms. The molecule has 1 heterocycles. The molecule has 5 rings (SSSR count). The number of sulfone groups is 2. The third kappa shape index (κ3) is 6.37. The summed E-state index contributed by atoms with van der Waals surface area (Å²) in [4.78, 5) is 3.92. The SMILES string of the molecule is C.Nc1c(Br)cccc1CS(=O)(=O)c1ccccc1.O=S(=O)(c1ccccc1)c1c[nH]c2c(Br)cccc12. The molecule has 4 aromatic carbocycles. The maximum Gasteiger partial charge on any atom is 0.208 e. The van der Waals surface area contributed by atoms with Crippen molar-refractivity contribution in [3.05, 3.63) is 118 Å². The van der Waals surface area contributed by atoms with E-state index >= 15 is 0 Å². The van der Waals surface area contributed by atoms with Gasteiger partial charge in [0.2, 0.25) is 9.84 Å². The summed E-state index contributed by atoms with van der Waals surface area (Å²) in [5.74, 6) is -0.0950. The number of benzene rings is 4. The van der Waals surface area contributed by atoms with Gasteiger partial charge >= 0.3 is 0 Å². The third-order valence-electron chi connectivity index (χ3n) is 5.56. The lowest BCUT2D eigenvalue weighted by molar-refractivity contribution is 0.594. The Hall–Kier alpha value is -2.92. The third-order valence-corrected chi connectivity index (χ3v) is 10.4. The molecule has 5 aromatic rings. The van der Waals surface area contributed by atoms with Gasteiger partial charge in [0.1, 0.15) is 0 Å². The molecule has 0 bridgehead atoms. The standard InChI is InChI=1S/C14H10BrNO2S.C13H12BrNO2S.CH4/c15-12-8-4-7-11-13(9-16-14(11)12)19(17,18)10-5-2-1-3-6-10;14-12-8-4-5-10(13(12)15)9-18(16,17)11-6-2-1-3-7-11;/h1-9,16H;1-8H,9,15H2;1H4. The van der Waals surface area contributed by atoms with Gasteiger partial charge in [-0.05, 0) is 73.8 Å². The van der Waals surface area contributed by atoms with Crippen molar-refractivity contribution in [2.24, 2.45) is 0 Å². The Morgan fingerprint density at radius 3 is 1.87 bits per heavy atom. The van der Waals surface area contributed by atoms with Crippen LogP contribution in [0.2, 0.25) is 0 Å². The number of H-pyrrole nitrogens is 1. The molecule has 38 heavy (non-hydrogen) atoms. The molecule has 0 atom stereocenters. The van der Waals surface area contributed by atoms with Crippen LogP contribution in [0.4, 0.5) is 5.69 Å². The molecule has 0 aliphatic carbocycles. The predicted molar refractivity (Wildman–Crippen MR) is 161 cm³/mol. The number of fused-ring (bicyclic) bond motifs is 1. The number of hydrogen-bond donors (Lipinski definition) is 2. The maximum absolute atomic E-state index is 12.6. The van der Waals surface area contributed by atoms with Crippen LogP contribution in [-0.4, -0.2) is 21.8 Å².